The van der Waals surface area contributed by atoms with Crippen LogP contribution in [0.2, 0.25) is 0 Å². The summed E-state index contributed by atoms with van der Waals surface area (Å²) >= 11 is 0. The molecule has 0 bridgehead atoms. The lowest BCUT2D eigenvalue weighted by Gasteiger charge is -2.11. The van der Waals surface area contributed by atoms with Crippen LogP contribution in [0.4, 0.5) is 0 Å². The van der Waals surface area contributed by atoms with Crippen LogP contribution < -0.4 is 5.63 Å². The lowest BCUT2D eigenvalue weighted by atomic mass is 10.00. The lowest BCUT2D eigenvalue weighted by molar-refractivity contribution is 0.572. The fourth-order valence-electron chi connectivity index (χ4n) is 8.73. The van der Waals surface area contributed by atoms with E-state index in [-0.39, 0.29) is 5.63 Å². The highest BCUT2D eigenvalue weighted by atomic mass is 16.4. The molecule has 0 atom stereocenters. The second-order valence-electron chi connectivity index (χ2n) is 14.8. The number of hydrogen-bond donors (Lipinski definition) is 0. The Morgan fingerprint density at radius 1 is 0.373 bits per heavy atom. The highest BCUT2D eigenvalue weighted by Gasteiger charge is 2.21. The van der Waals surface area contributed by atoms with Crippen molar-refractivity contribution in [3.63, 3.8) is 0 Å². The zero-order valence-corrected chi connectivity index (χ0v) is 31.5. The van der Waals surface area contributed by atoms with Crippen molar-refractivity contribution in [3.05, 3.63) is 198 Å². The summed E-state index contributed by atoms with van der Waals surface area (Å²) in [5.74, 6) is 1.78. The van der Waals surface area contributed by atoms with Crippen LogP contribution in [-0.4, -0.2) is 24.1 Å². The van der Waals surface area contributed by atoms with Crippen molar-refractivity contribution in [2.45, 2.75) is 0 Å². The van der Waals surface area contributed by atoms with Gasteiger partial charge in [-0.05, 0) is 71.1 Å². The first kappa shape index (κ1) is 33.0. The van der Waals surface area contributed by atoms with Crippen LogP contribution in [-0.2, 0) is 0 Å². The number of benzene rings is 8. The Morgan fingerprint density at radius 2 is 0.881 bits per heavy atom. The lowest BCUT2D eigenvalue weighted by Crippen LogP contribution is -2.06. The van der Waals surface area contributed by atoms with Crippen molar-refractivity contribution in [2.24, 2.45) is 0 Å². The van der Waals surface area contributed by atoms with E-state index in [0.29, 0.717) is 28.6 Å². The van der Waals surface area contributed by atoms with E-state index in [1.165, 1.54) is 0 Å². The predicted octanol–water partition coefficient (Wildman–Crippen LogP) is 12.3. The molecular weight excluding hydrogens is 727 g/mol. The molecule has 8 aromatic carbocycles. The Labute approximate surface area is 336 Å². The average Bonchev–Trinajstić information content (AvgIpc) is 3.82. The number of para-hydroxylation sites is 2. The normalized spacial score (nSPS) is 11.8. The molecule has 0 unspecified atom stereocenters. The SMILES string of the molecule is O=c1oc2c(ccc3c4cc(-c5ccc6c(c5)c5ccccc5n6-c5nc(-c6ccccc6)nc(-c6ccccc6)n5)ccc4n(-c4ccccc4)c32)c2ccccc12. The highest BCUT2D eigenvalue weighted by molar-refractivity contribution is 6.21. The molecule has 0 aliphatic carbocycles. The van der Waals surface area contributed by atoms with E-state index in [9.17, 15) is 4.79 Å². The van der Waals surface area contributed by atoms with E-state index in [2.05, 4.69) is 94.1 Å². The van der Waals surface area contributed by atoms with Gasteiger partial charge in [-0.15, -0.1) is 0 Å². The fourth-order valence-corrected chi connectivity index (χ4v) is 8.73. The molecule has 0 N–H and O–H groups in total. The topological polar surface area (TPSA) is 78.7 Å². The molecule has 0 fully saturated rings. The number of hydrogen-bond acceptors (Lipinski definition) is 5. The summed E-state index contributed by atoms with van der Waals surface area (Å²) in [6.45, 7) is 0. The third kappa shape index (κ3) is 5.15. The van der Waals surface area contributed by atoms with Crippen molar-refractivity contribution in [1.82, 2.24) is 24.1 Å². The minimum Gasteiger partial charge on any atom is -0.420 e. The molecule has 0 amide bonds. The summed E-state index contributed by atoms with van der Waals surface area (Å²) < 4.78 is 10.6. The maximum absolute atomic E-state index is 13.4. The summed E-state index contributed by atoms with van der Waals surface area (Å²) in [6, 6.07) is 63.9. The first-order valence-electron chi connectivity index (χ1n) is 19.6. The first-order chi connectivity index (χ1) is 29.2. The molecule has 276 valence electrons. The maximum Gasteiger partial charge on any atom is 0.344 e. The van der Waals surface area contributed by atoms with Crippen LogP contribution in [0.3, 0.4) is 0 Å². The van der Waals surface area contributed by atoms with E-state index < -0.39 is 0 Å². The van der Waals surface area contributed by atoms with Crippen LogP contribution in [0.5, 0.6) is 0 Å². The van der Waals surface area contributed by atoms with Gasteiger partial charge in [0.25, 0.3) is 0 Å². The van der Waals surface area contributed by atoms with Gasteiger partial charge in [0.2, 0.25) is 5.95 Å². The van der Waals surface area contributed by atoms with Crippen molar-refractivity contribution in [2.75, 3.05) is 0 Å². The minimum absolute atomic E-state index is 0.344. The molecule has 0 spiro atoms. The Bertz CT molecular complexity index is 3630. The molecule has 0 saturated heterocycles. The molecule has 4 heterocycles. The van der Waals surface area contributed by atoms with E-state index in [1.807, 2.05) is 103 Å². The van der Waals surface area contributed by atoms with Gasteiger partial charge in [0, 0.05) is 43.7 Å². The number of rotatable bonds is 5. The Morgan fingerprint density at radius 3 is 1.54 bits per heavy atom. The van der Waals surface area contributed by atoms with Gasteiger partial charge in [-0.3, -0.25) is 4.57 Å². The largest absolute Gasteiger partial charge is 0.420 e. The van der Waals surface area contributed by atoms with Crippen LogP contribution in [0.15, 0.2) is 197 Å². The van der Waals surface area contributed by atoms with Crippen molar-refractivity contribution < 1.29 is 4.42 Å². The average molecular weight is 758 g/mol. The van der Waals surface area contributed by atoms with Crippen LogP contribution in [0, 0.1) is 0 Å². The standard InChI is InChI=1S/C52H31N5O2/c58-51-41-22-11-10-20-37(41)40-27-26-39-43-31-35(24-28-45(43)56(47(39)48(40)59-51)36-18-8-3-9-19-36)34-25-29-46-42(30-34)38-21-12-13-23-44(38)57(46)52-54-49(32-14-4-1-5-15-32)53-50(55-52)33-16-6-2-7-17-33/h1-31H. The maximum atomic E-state index is 13.4. The van der Waals surface area contributed by atoms with Crippen LogP contribution in [0.25, 0.3) is 111 Å². The van der Waals surface area contributed by atoms with Crippen LogP contribution in [0.1, 0.15) is 0 Å². The van der Waals surface area contributed by atoms with Crippen molar-refractivity contribution >= 4 is 65.4 Å². The summed E-state index contributed by atoms with van der Waals surface area (Å²) in [5, 5.41) is 6.61. The van der Waals surface area contributed by atoms with Gasteiger partial charge in [0.05, 0.1) is 27.5 Å². The highest BCUT2D eigenvalue weighted by Crippen LogP contribution is 2.41. The molecule has 12 rings (SSSR count). The Balaban J connectivity index is 1.07. The fraction of sp³-hybridized carbons (Fsp3) is 0. The Hall–Kier alpha value is -8.16. The quantitative estimate of drug-likeness (QED) is 0.129. The summed E-state index contributed by atoms with van der Waals surface area (Å²) in [7, 11) is 0. The van der Waals surface area contributed by atoms with Gasteiger partial charge in [-0.25, -0.2) is 9.78 Å². The molecule has 7 heteroatoms. The van der Waals surface area contributed by atoms with Crippen molar-refractivity contribution in [3.8, 4) is 45.5 Å². The number of fused-ring (bicyclic) bond motifs is 10. The molecule has 0 radical (unpaired) electrons. The van der Waals surface area contributed by atoms with Gasteiger partial charge in [0.15, 0.2) is 17.2 Å². The van der Waals surface area contributed by atoms with E-state index >= 15 is 0 Å². The van der Waals surface area contributed by atoms with Gasteiger partial charge in [-0.2, -0.15) is 9.97 Å². The number of aromatic nitrogens is 5. The van der Waals surface area contributed by atoms with Crippen molar-refractivity contribution in [1.29, 1.82) is 0 Å². The van der Waals surface area contributed by atoms with E-state index in [0.717, 1.165) is 82.3 Å². The zero-order chi connectivity index (χ0) is 39.0. The summed E-state index contributed by atoms with van der Waals surface area (Å²) in [6.07, 6.45) is 0. The Kier molecular flexibility index (Phi) is 7.24. The van der Waals surface area contributed by atoms with Gasteiger partial charge >= 0.3 is 5.63 Å². The molecule has 59 heavy (non-hydrogen) atoms. The van der Waals surface area contributed by atoms with Gasteiger partial charge in [-0.1, -0.05) is 133 Å². The second-order valence-corrected chi connectivity index (χ2v) is 14.8. The first-order valence-corrected chi connectivity index (χ1v) is 19.6. The third-order valence-corrected chi connectivity index (χ3v) is 11.4. The monoisotopic (exact) mass is 757 g/mol. The van der Waals surface area contributed by atoms with Gasteiger partial charge < -0.3 is 8.98 Å². The third-order valence-electron chi connectivity index (χ3n) is 11.4. The van der Waals surface area contributed by atoms with Crippen LogP contribution >= 0.6 is 0 Å². The predicted molar refractivity (Wildman–Crippen MR) is 238 cm³/mol. The smallest absolute Gasteiger partial charge is 0.344 e. The molecule has 12 aromatic rings. The summed E-state index contributed by atoms with van der Waals surface area (Å²) in [4.78, 5) is 28.5. The molecular formula is C52H31N5O2. The molecule has 7 nitrogen and oxygen atoms in total. The molecule has 0 aliphatic rings. The zero-order valence-electron chi connectivity index (χ0n) is 31.5. The molecule has 4 aromatic heterocycles. The second kappa shape index (κ2) is 12.9. The van der Waals surface area contributed by atoms with E-state index in [1.54, 1.807) is 0 Å². The number of nitrogens with zero attached hydrogens (tertiary/aromatic N) is 5. The molecule has 0 saturated carbocycles. The summed E-state index contributed by atoms with van der Waals surface area (Å²) in [5.41, 5.74) is 9.09. The van der Waals surface area contributed by atoms with E-state index in [4.69, 9.17) is 19.4 Å². The van der Waals surface area contributed by atoms with Gasteiger partial charge in [0.1, 0.15) is 0 Å². The molecule has 0 aliphatic heterocycles. The minimum atomic E-state index is -0.344.